The van der Waals surface area contributed by atoms with Gasteiger partial charge in [0, 0.05) is 24.6 Å². The van der Waals surface area contributed by atoms with Crippen LogP contribution in [0.2, 0.25) is 5.02 Å². The van der Waals surface area contributed by atoms with Crippen molar-refractivity contribution in [2.45, 2.75) is 13.5 Å². The van der Waals surface area contributed by atoms with E-state index < -0.39 is 21.9 Å². The second-order valence-corrected chi connectivity index (χ2v) is 8.78. The monoisotopic (exact) mass is 450 g/mol. The molecule has 2 aromatic heterocycles. The van der Waals surface area contributed by atoms with E-state index in [0.717, 1.165) is 0 Å². The summed E-state index contributed by atoms with van der Waals surface area (Å²) in [7, 11) is -2.32. The maximum absolute atomic E-state index is 12.5. The third-order valence-electron chi connectivity index (χ3n) is 4.17. The first-order chi connectivity index (χ1) is 14.2. The van der Waals surface area contributed by atoms with Gasteiger partial charge in [0.15, 0.2) is 0 Å². The smallest absolute Gasteiger partial charge is 0.337 e. The fourth-order valence-electron chi connectivity index (χ4n) is 2.69. The van der Waals surface area contributed by atoms with Crippen molar-refractivity contribution >= 4 is 44.8 Å². The summed E-state index contributed by atoms with van der Waals surface area (Å²) in [5.41, 5.74) is 1.61. The van der Waals surface area contributed by atoms with Gasteiger partial charge in [0.2, 0.25) is 10.0 Å². The van der Waals surface area contributed by atoms with Crippen molar-refractivity contribution < 1.29 is 22.7 Å². The number of hydrogen-bond acceptors (Lipinski definition) is 6. The molecule has 0 fully saturated rings. The van der Waals surface area contributed by atoms with Gasteiger partial charge >= 0.3 is 5.97 Å². The molecule has 0 saturated carbocycles. The second-order valence-electron chi connectivity index (χ2n) is 6.34. The van der Waals surface area contributed by atoms with Crippen molar-refractivity contribution in [2.24, 2.45) is 0 Å². The van der Waals surface area contributed by atoms with Gasteiger partial charge in [-0.3, -0.25) is 9.52 Å². The summed E-state index contributed by atoms with van der Waals surface area (Å²) in [6, 6.07) is 7.77. The van der Waals surface area contributed by atoms with Crippen LogP contribution in [0.1, 0.15) is 33.3 Å². The molecule has 0 spiro atoms. The van der Waals surface area contributed by atoms with Crippen LogP contribution in [0.3, 0.4) is 0 Å². The molecular weight excluding hydrogens is 432 g/mol. The number of amides is 1. The minimum Gasteiger partial charge on any atom is -0.465 e. The Bertz CT molecular complexity index is 1220. The van der Waals surface area contributed by atoms with Gasteiger partial charge in [-0.25, -0.2) is 18.2 Å². The highest BCUT2D eigenvalue weighted by molar-refractivity contribution is 7.92. The topological polar surface area (TPSA) is 119 Å². The van der Waals surface area contributed by atoms with Gasteiger partial charge in [0.05, 0.1) is 23.4 Å². The SMILES string of the molecule is CCS(=O)(=O)Nc1cc(CNC(=O)c2cn3cc(Cl)ccc3n2)cc(C(=O)OC)c1. The third kappa shape index (κ3) is 5.08. The number of sulfonamides is 1. The average Bonchev–Trinajstić information content (AvgIpc) is 3.14. The molecule has 3 rings (SSSR count). The van der Waals surface area contributed by atoms with Crippen molar-refractivity contribution in [3.8, 4) is 0 Å². The normalized spacial score (nSPS) is 11.3. The summed E-state index contributed by atoms with van der Waals surface area (Å²) in [6.07, 6.45) is 3.18. The van der Waals surface area contributed by atoms with E-state index in [1.165, 1.54) is 32.2 Å². The first-order valence-electron chi connectivity index (χ1n) is 8.86. The molecule has 2 N–H and O–H groups in total. The number of anilines is 1. The molecule has 158 valence electrons. The van der Waals surface area contributed by atoms with E-state index in [9.17, 15) is 18.0 Å². The predicted molar refractivity (Wildman–Crippen MR) is 112 cm³/mol. The number of carbonyl (C=O) groups is 2. The van der Waals surface area contributed by atoms with E-state index >= 15 is 0 Å². The van der Waals surface area contributed by atoms with E-state index in [2.05, 4.69) is 15.0 Å². The first kappa shape index (κ1) is 21.6. The van der Waals surface area contributed by atoms with Gasteiger partial charge < -0.3 is 14.5 Å². The predicted octanol–water partition coefficient (Wildman–Crippen LogP) is 2.47. The third-order valence-corrected chi connectivity index (χ3v) is 5.70. The molecule has 1 amide bonds. The van der Waals surface area contributed by atoms with Crippen LogP contribution in [0.4, 0.5) is 5.69 Å². The minimum atomic E-state index is -3.54. The fourth-order valence-corrected chi connectivity index (χ4v) is 3.48. The van der Waals surface area contributed by atoms with Gasteiger partial charge in [0.1, 0.15) is 11.3 Å². The number of nitrogens with one attached hydrogen (secondary N) is 2. The van der Waals surface area contributed by atoms with Crippen LogP contribution >= 0.6 is 11.6 Å². The molecule has 9 nitrogen and oxygen atoms in total. The lowest BCUT2D eigenvalue weighted by Crippen LogP contribution is -2.23. The zero-order valence-corrected chi connectivity index (χ0v) is 17.7. The molecule has 11 heteroatoms. The Labute approximate surface area is 178 Å². The molecule has 0 unspecified atom stereocenters. The van der Waals surface area contributed by atoms with Crippen LogP contribution < -0.4 is 10.0 Å². The van der Waals surface area contributed by atoms with Crippen molar-refractivity contribution in [1.29, 1.82) is 0 Å². The summed E-state index contributed by atoms with van der Waals surface area (Å²) in [5.74, 6) is -1.19. The van der Waals surface area contributed by atoms with Crippen molar-refractivity contribution in [1.82, 2.24) is 14.7 Å². The fraction of sp³-hybridized carbons (Fsp3) is 0.211. The van der Waals surface area contributed by atoms with Crippen molar-refractivity contribution in [2.75, 3.05) is 17.6 Å². The summed E-state index contributed by atoms with van der Waals surface area (Å²) in [5, 5.41) is 3.21. The van der Waals surface area contributed by atoms with E-state index in [4.69, 9.17) is 16.3 Å². The summed E-state index contributed by atoms with van der Waals surface area (Å²) in [6.45, 7) is 1.54. The Morgan fingerprint density at radius 3 is 2.67 bits per heavy atom. The standard InChI is InChI=1S/C19H19ClN4O5S/c1-3-30(27,28)23-15-7-12(6-13(8-15)19(26)29-2)9-21-18(25)16-11-24-10-14(20)4-5-17(24)22-16/h4-8,10-11,23H,3,9H2,1-2H3,(H,21,25). The number of pyridine rings is 1. The molecule has 30 heavy (non-hydrogen) atoms. The number of aromatic nitrogens is 2. The number of methoxy groups -OCH3 is 1. The Balaban J connectivity index is 1.81. The number of hydrogen-bond donors (Lipinski definition) is 2. The molecular formula is C19H19ClN4O5S. The Morgan fingerprint density at radius 1 is 1.20 bits per heavy atom. The molecule has 1 aromatic carbocycles. The summed E-state index contributed by atoms with van der Waals surface area (Å²) >= 11 is 5.94. The van der Waals surface area contributed by atoms with Crippen LogP contribution in [0, 0.1) is 0 Å². The van der Waals surface area contributed by atoms with Gasteiger partial charge in [-0.1, -0.05) is 11.6 Å². The zero-order valence-electron chi connectivity index (χ0n) is 16.2. The van der Waals surface area contributed by atoms with Crippen LogP contribution in [0.25, 0.3) is 5.65 Å². The van der Waals surface area contributed by atoms with Crippen LogP contribution in [0.15, 0.2) is 42.7 Å². The van der Waals surface area contributed by atoms with Gasteiger partial charge in [-0.15, -0.1) is 0 Å². The van der Waals surface area contributed by atoms with E-state index in [-0.39, 0.29) is 29.2 Å². The lowest BCUT2D eigenvalue weighted by molar-refractivity contribution is 0.0600. The highest BCUT2D eigenvalue weighted by Gasteiger charge is 2.15. The number of benzene rings is 1. The molecule has 0 aliphatic heterocycles. The highest BCUT2D eigenvalue weighted by Crippen LogP contribution is 2.18. The molecule has 0 atom stereocenters. The van der Waals surface area contributed by atoms with Crippen LogP contribution in [0.5, 0.6) is 0 Å². The number of imidazole rings is 1. The largest absolute Gasteiger partial charge is 0.465 e. The summed E-state index contributed by atoms with van der Waals surface area (Å²) < 4.78 is 32.5. The number of ether oxygens (including phenoxy) is 1. The van der Waals surface area contributed by atoms with Gasteiger partial charge in [0.25, 0.3) is 5.91 Å². The van der Waals surface area contributed by atoms with E-state index in [1.54, 1.807) is 28.9 Å². The van der Waals surface area contributed by atoms with Crippen LogP contribution in [-0.4, -0.2) is 42.5 Å². The quantitative estimate of drug-likeness (QED) is 0.534. The molecule has 0 bridgehead atoms. The molecule has 2 heterocycles. The second kappa shape index (κ2) is 8.72. The number of halogens is 1. The maximum Gasteiger partial charge on any atom is 0.337 e. The van der Waals surface area contributed by atoms with E-state index in [0.29, 0.717) is 16.2 Å². The minimum absolute atomic E-state index is 0.0408. The van der Waals surface area contributed by atoms with Crippen LogP contribution in [-0.2, 0) is 21.3 Å². The number of carbonyl (C=O) groups excluding carboxylic acids is 2. The molecule has 0 aliphatic rings. The first-order valence-corrected chi connectivity index (χ1v) is 10.9. The molecule has 0 saturated heterocycles. The lowest BCUT2D eigenvalue weighted by atomic mass is 10.1. The number of fused-ring (bicyclic) bond motifs is 1. The molecule has 0 radical (unpaired) electrons. The maximum atomic E-state index is 12.5. The summed E-state index contributed by atoms with van der Waals surface area (Å²) in [4.78, 5) is 28.6. The van der Waals surface area contributed by atoms with Gasteiger partial charge in [-0.05, 0) is 42.8 Å². The number of rotatable bonds is 7. The van der Waals surface area contributed by atoms with Crippen molar-refractivity contribution in [3.05, 3.63) is 64.6 Å². The Kier molecular flexibility index (Phi) is 6.28. The number of nitrogens with zero attached hydrogens (tertiary/aromatic N) is 2. The Hall–Kier alpha value is -3.11. The van der Waals surface area contributed by atoms with Crippen molar-refractivity contribution in [3.63, 3.8) is 0 Å². The molecule has 3 aromatic rings. The zero-order chi connectivity index (χ0) is 21.9. The Morgan fingerprint density at radius 2 is 1.97 bits per heavy atom. The molecule has 0 aliphatic carbocycles. The highest BCUT2D eigenvalue weighted by atomic mass is 35.5. The average molecular weight is 451 g/mol. The van der Waals surface area contributed by atoms with Gasteiger partial charge in [-0.2, -0.15) is 0 Å². The lowest BCUT2D eigenvalue weighted by Gasteiger charge is -2.11. The van der Waals surface area contributed by atoms with E-state index in [1.807, 2.05) is 0 Å². The number of esters is 1.